The first-order valence-electron chi connectivity index (χ1n) is 10.3. The third-order valence-electron chi connectivity index (χ3n) is 5.11. The number of nitrogens with one attached hydrogen (secondary N) is 1. The number of rotatable bonds is 10. The van der Waals surface area contributed by atoms with Crippen LogP contribution in [0.2, 0.25) is 0 Å². The van der Waals surface area contributed by atoms with Crippen molar-refractivity contribution < 1.29 is 32.6 Å². The first-order valence-corrected chi connectivity index (χ1v) is 10.3. The Morgan fingerprint density at radius 1 is 1.06 bits per heavy atom. The molecule has 1 aliphatic heterocycles. The summed E-state index contributed by atoms with van der Waals surface area (Å²) in [5.74, 6) is -1.04. The number of fused-ring (bicyclic) bond motifs is 1. The highest BCUT2D eigenvalue weighted by Gasteiger charge is 2.35. The highest BCUT2D eigenvalue weighted by Crippen LogP contribution is 2.29. The fourth-order valence-corrected chi connectivity index (χ4v) is 3.44. The number of hydrogen-bond acceptors (Lipinski definition) is 5. The Bertz CT molecular complexity index is 1030. The number of imide groups is 1. The molecule has 1 aliphatic rings. The number of ether oxygens (including phenoxy) is 2. The zero-order valence-corrected chi connectivity index (χ0v) is 17.8. The molecule has 9 heteroatoms. The van der Waals surface area contributed by atoms with Crippen molar-refractivity contribution in [2.75, 3.05) is 20.2 Å². The minimum absolute atomic E-state index is 0.0826. The van der Waals surface area contributed by atoms with E-state index in [2.05, 4.69) is 10.1 Å². The molecule has 0 fully saturated rings. The van der Waals surface area contributed by atoms with E-state index in [-0.39, 0.29) is 35.1 Å². The van der Waals surface area contributed by atoms with Crippen LogP contribution in [0, 0.1) is 0 Å². The van der Waals surface area contributed by atoms with Crippen molar-refractivity contribution in [3.63, 3.8) is 0 Å². The molecule has 1 heterocycles. The van der Waals surface area contributed by atoms with E-state index in [1.165, 1.54) is 42.3 Å². The SMILES string of the molecule is CCCCN1C(=O)c2ccc(C(=O)NCCc3ccc(OC)c(OC(F)F)c3)cc2C1=O. The van der Waals surface area contributed by atoms with Gasteiger partial charge in [0.1, 0.15) is 0 Å². The molecule has 2 aromatic carbocycles. The number of carbonyl (C=O) groups is 3. The Hall–Kier alpha value is -3.49. The summed E-state index contributed by atoms with van der Waals surface area (Å²) in [5, 5.41) is 2.73. The van der Waals surface area contributed by atoms with E-state index in [0.29, 0.717) is 30.5 Å². The van der Waals surface area contributed by atoms with Crippen molar-refractivity contribution >= 4 is 17.7 Å². The lowest BCUT2D eigenvalue weighted by molar-refractivity contribution is -0.0512. The number of unbranched alkanes of at least 4 members (excludes halogenated alkanes) is 1. The van der Waals surface area contributed by atoms with Gasteiger partial charge in [-0.3, -0.25) is 19.3 Å². The second-order valence-corrected chi connectivity index (χ2v) is 7.25. The lowest BCUT2D eigenvalue weighted by Gasteiger charge is -2.12. The molecule has 0 aliphatic carbocycles. The van der Waals surface area contributed by atoms with Crippen molar-refractivity contribution in [3.8, 4) is 11.5 Å². The van der Waals surface area contributed by atoms with E-state index in [1.54, 1.807) is 6.07 Å². The number of hydrogen-bond donors (Lipinski definition) is 1. The van der Waals surface area contributed by atoms with Crippen LogP contribution >= 0.6 is 0 Å². The number of halogens is 2. The second kappa shape index (κ2) is 10.2. The maximum Gasteiger partial charge on any atom is 0.387 e. The van der Waals surface area contributed by atoms with Gasteiger partial charge in [0.15, 0.2) is 11.5 Å². The topological polar surface area (TPSA) is 84.9 Å². The maximum absolute atomic E-state index is 12.6. The smallest absolute Gasteiger partial charge is 0.387 e. The first kappa shape index (κ1) is 23.2. The summed E-state index contributed by atoms with van der Waals surface area (Å²) in [7, 11) is 1.35. The molecule has 3 amide bonds. The molecule has 7 nitrogen and oxygen atoms in total. The fraction of sp³-hybridized carbons (Fsp3) is 0.348. The Kier molecular flexibility index (Phi) is 7.40. The molecule has 2 aromatic rings. The van der Waals surface area contributed by atoms with Gasteiger partial charge in [0.2, 0.25) is 0 Å². The summed E-state index contributed by atoms with van der Waals surface area (Å²) >= 11 is 0. The van der Waals surface area contributed by atoms with Crippen LogP contribution in [-0.2, 0) is 6.42 Å². The average molecular weight is 446 g/mol. The predicted octanol–water partition coefficient (Wildman–Crippen LogP) is 3.67. The molecule has 0 radical (unpaired) electrons. The molecule has 0 saturated heterocycles. The number of alkyl halides is 2. The second-order valence-electron chi connectivity index (χ2n) is 7.25. The number of methoxy groups -OCH3 is 1. The molecule has 0 atom stereocenters. The van der Waals surface area contributed by atoms with Gasteiger partial charge in [-0.2, -0.15) is 8.78 Å². The van der Waals surface area contributed by atoms with Crippen LogP contribution in [0.3, 0.4) is 0 Å². The van der Waals surface area contributed by atoms with Gasteiger partial charge < -0.3 is 14.8 Å². The molecule has 170 valence electrons. The van der Waals surface area contributed by atoms with Crippen LogP contribution in [-0.4, -0.2) is 49.4 Å². The number of amides is 3. The van der Waals surface area contributed by atoms with Gasteiger partial charge in [-0.25, -0.2) is 0 Å². The third-order valence-corrected chi connectivity index (χ3v) is 5.11. The highest BCUT2D eigenvalue weighted by molar-refractivity contribution is 6.22. The van der Waals surface area contributed by atoms with E-state index in [9.17, 15) is 23.2 Å². The van der Waals surface area contributed by atoms with Gasteiger partial charge >= 0.3 is 6.61 Å². The molecular weight excluding hydrogens is 422 g/mol. The zero-order valence-electron chi connectivity index (χ0n) is 17.8. The van der Waals surface area contributed by atoms with Crippen LogP contribution in [0.5, 0.6) is 11.5 Å². The molecular formula is C23H24F2N2O5. The lowest BCUT2D eigenvalue weighted by atomic mass is 10.1. The van der Waals surface area contributed by atoms with Crippen LogP contribution in [0.4, 0.5) is 8.78 Å². The highest BCUT2D eigenvalue weighted by atomic mass is 19.3. The summed E-state index contributed by atoms with van der Waals surface area (Å²) in [4.78, 5) is 38.7. The van der Waals surface area contributed by atoms with Crippen molar-refractivity contribution in [1.29, 1.82) is 0 Å². The van der Waals surface area contributed by atoms with Crippen LogP contribution in [0.15, 0.2) is 36.4 Å². The zero-order chi connectivity index (χ0) is 23.3. The van der Waals surface area contributed by atoms with Gasteiger partial charge in [0, 0.05) is 18.7 Å². The number of benzene rings is 2. The summed E-state index contributed by atoms with van der Waals surface area (Å²) < 4.78 is 34.6. The Morgan fingerprint density at radius 3 is 2.50 bits per heavy atom. The van der Waals surface area contributed by atoms with Crippen molar-refractivity contribution in [3.05, 3.63) is 58.7 Å². The molecule has 3 rings (SSSR count). The van der Waals surface area contributed by atoms with Gasteiger partial charge in [0.25, 0.3) is 17.7 Å². The average Bonchev–Trinajstić information content (AvgIpc) is 3.01. The van der Waals surface area contributed by atoms with Gasteiger partial charge in [-0.15, -0.1) is 0 Å². The van der Waals surface area contributed by atoms with E-state index in [1.807, 2.05) is 6.92 Å². The van der Waals surface area contributed by atoms with Gasteiger partial charge in [-0.05, 0) is 48.7 Å². The molecule has 32 heavy (non-hydrogen) atoms. The predicted molar refractivity (Wildman–Crippen MR) is 112 cm³/mol. The fourth-order valence-electron chi connectivity index (χ4n) is 3.44. The summed E-state index contributed by atoms with van der Waals surface area (Å²) in [6.45, 7) is -0.430. The summed E-state index contributed by atoms with van der Waals surface area (Å²) in [5.41, 5.74) is 1.46. The number of nitrogens with zero attached hydrogens (tertiary/aromatic N) is 1. The quantitative estimate of drug-likeness (QED) is 0.563. The molecule has 1 N–H and O–H groups in total. The molecule has 0 bridgehead atoms. The molecule has 0 saturated carbocycles. The summed E-state index contributed by atoms with van der Waals surface area (Å²) in [6.07, 6.45) is 1.93. The van der Waals surface area contributed by atoms with Crippen LogP contribution in [0.25, 0.3) is 0 Å². The summed E-state index contributed by atoms with van der Waals surface area (Å²) in [6, 6.07) is 9.06. The van der Waals surface area contributed by atoms with Gasteiger partial charge in [-0.1, -0.05) is 19.4 Å². The molecule has 0 aromatic heterocycles. The standard InChI is InChI=1S/C23H24F2N2O5/c1-3-4-11-27-21(29)16-7-6-15(13-17(16)22(27)30)20(28)26-10-9-14-5-8-18(31-2)19(12-14)32-23(24)25/h5-8,12-13,23H,3-4,9-11H2,1-2H3,(H,26,28). The lowest BCUT2D eigenvalue weighted by Crippen LogP contribution is -2.30. The largest absolute Gasteiger partial charge is 0.493 e. The maximum atomic E-state index is 12.6. The minimum atomic E-state index is -2.98. The van der Waals surface area contributed by atoms with E-state index in [4.69, 9.17) is 4.74 Å². The molecule has 0 unspecified atom stereocenters. The minimum Gasteiger partial charge on any atom is -0.493 e. The van der Waals surface area contributed by atoms with E-state index < -0.39 is 18.4 Å². The van der Waals surface area contributed by atoms with E-state index in [0.717, 1.165) is 6.42 Å². The van der Waals surface area contributed by atoms with Gasteiger partial charge in [0.05, 0.1) is 18.2 Å². The van der Waals surface area contributed by atoms with Crippen LogP contribution in [0.1, 0.15) is 56.4 Å². The van der Waals surface area contributed by atoms with Crippen molar-refractivity contribution in [2.45, 2.75) is 32.8 Å². The van der Waals surface area contributed by atoms with E-state index >= 15 is 0 Å². The molecule has 0 spiro atoms. The third kappa shape index (κ3) is 5.04. The normalized spacial score (nSPS) is 12.8. The number of carbonyl (C=O) groups excluding carboxylic acids is 3. The van der Waals surface area contributed by atoms with Crippen molar-refractivity contribution in [2.24, 2.45) is 0 Å². The monoisotopic (exact) mass is 446 g/mol. The van der Waals surface area contributed by atoms with Crippen molar-refractivity contribution in [1.82, 2.24) is 10.2 Å². The van der Waals surface area contributed by atoms with Crippen LogP contribution < -0.4 is 14.8 Å². The Morgan fingerprint density at radius 2 is 1.81 bits per heavy atom. The Labute approximate surface area is 184 Å². The Balaban J connectivity index is 1.63. The first-order chi connectivity index (χ1) is 15.3.